The quantitative estimate of drug-likeness (QED) is 0.931. The third-order valence-electron chi connectivity index (χ3n) is 3.94. The highest BCUT2D eigenvalue weighted by molar-refractivity contribution is 9.10. The van der Waals surface area contributed by atoms with Crippen molar-refractivity contribution in [2.45, 2.75) is 44.8 Å². The van der Waals surface area contributed by atoms with Crippen LogP contribution in [0.2, 0.25) is 0 Å². The van der Waals surface area contributed by atoms with Crippen molar-refractivity contribution >= 4 is 15.9 Å². The molecule has 106 valence electrons. The minimum Gasteiger partial charge on any atom is -0.309 e. The van der Waals surface area contributed by atoms with E-state index in [1.54, 1.807) is 0 Å². The normalized spacial score (nSPS) is 19.6. The van der Waals surface area contributed by atoms with E-state index in [2.05, 4.69) is 51.5 Å². The fourth-order valence-electron chi connectivity index (χ4n) is 3.01. The van der Waals surface area contributed by atoms with Crippen LogP contribution >= 0.6 is 15.9 Å². The maximum atomic E-state index is 4.27. The van der Waals surface area contributed by atoms with Crippen LogP contribution in [0.25, 0.3) is 0 Å². The van der Waals surface area contributed by atoms with Crippen LogP contribution in [0.4, 0.5) is 0 Å². The summed E-state index contributed by atoms with van der Waals surface area (Å²) in [5, 5.41) is 8.01. The zero-order valence-electron chi connectivity index (χ0n) is 11.7. The maximum Gasteiger partial charge on any atom is 0.0560 e. The Labute approximate surface area is 128 Å². The zero-order chi connectivity index (χ0) is 13.9. The topological polar surface area (TPSA) is 29.9 Å². The third-order valence-corrected chi connectivity index (χ3v) is 4.43. The van der Waals surface area contributed by atoms with Crippen LogP contribution in [-0.2, 0) is 19.4 Å². The Hall–Kier alpha value is -1.13. The summed E-state index contributed by atoms with van der Waals surface area (Å²) in [6.45, 7) is 3.16. The first kappa shape index (κ1) is 13.8. The van der Waals surface area contributed by atoms with Gasteiger partial charge in [-0.2, -0.15) is 5.10 Å². The Morgan fingerprint density at radius 1 is 1.45 bits per heavy atom. The molecule has 1 aliphatic carbocycles. The highest BCUT2D eigenvalue weighted by Crippen LogP contribution is 2.25. The predicted molar refractivity (Wildman–Crippen MR) is 84.8 cm³/mol. The predicted octanol–water partition coefficient (Wildman–Crippen LogP) is 3.18. The van der Waals surface area contributed by atoms with E-state index >= 15 is 0 Å². The van der Waals surface area contributed by atoms with Gasteiger partial charge in [-0.3, -0.25) is 4.68 Å². The summed E-state index contributed by atoms with van der Waals surface area (Å²) >= 11 is 3.55. The van der Waals surface area contributed by atoms with Crippen LogP contribution < -0.4 is 5.32 Å². The summed E-state index contributed by atoms with van der Waals surface area (Å²) in [7, 11) is 0. The van der Waals surface area contributed by atoms with Crippen molar-refractivity contribution in [3.63, 3.8) is 0 Å². The lowest BCUT2D eigenvalue weighted by Gasteiger charge is -2.28. The van der Waals surface area contributed by atoms with Crippen molar-refractivity contribution < 1.29 is 0 Å². The second-order valence-corrected chi connectivity index (χ2v) is 6.56. The highest BCUT2D eigenvalue weighted by Gasteiger charge is 2.20. The van der Waals surface area contributed by atoms with Crippen LogP contribution in [0.1, 0.15) is 24.5 Å². The van der Waals surface area contributed by atoms with Crippen molar-refractivity contribution in [1.29, 1.82) is 0 Å². The van der Waals surface area contributed by atoms with Gasteiger partial charge in [0.1, 0.15) is 0 Å². The van der Waals surface area contributed by atoms with Gasteiger partial charge in [-0.15, -0.1) is 0 Å². The van der Waals surface area contributed by atoms with Gasteiger partial charge in [0.15, 0.2) is 0 Å². The number of nitrogens with one attached hydrogen (secondary N) is 1. The monoisotopic (exact) mass is 333 g/mol. The average Bonchev–Trinajstić information content (AvgIpc) is 2.91. The van der Waals surface area contributed by atoms with E-state index in [1.165, 1.54) is 28.4 Å². The summed E-state index contributed by atoms with van der Waals surface area (Å²) in [6, 6.07) is 9.66. The number of hydrogen-bond acceptors (Lipinski definition) is 2. The maximum absolute atomic E-state index is 4.27. The van der Waals surface area contributed by atoms with Crippen LogP contribution in [-0.4, -0.2) is 21.9 Å². The summed E-state index contributed by atoms with van der Waals surface area (Å²) < 4.78 is 3.18. The number of halogens is 1. The van der Waals surface area contributed by atoms with Gasteiger partial charge in [0.2, 0.25) is 0 Å². The molecule has 2 atom stereocenters. The molecule has 4 heteroatoms. The van der Waals surface area contributed by atoms with Crippen LogP contribution in [0.15, 0.2) is 41.1 Å². The van der Waals surface area contributed by atoms with Crippen molar-refractivity contribution in [1.82, 2.24) is 15.1 Å². The number of rotatable bonds is 4. The highest BCUT2D eigenvalue weighted by atomic mass is 79.9. The van der Waals surface area contributed by atoms with Crippen molar-refractivity contribution in [3.05, 3.63) is 52.3 Å². The molecule has 1 aromatic heterocycles. The lowest BCUT2D eigenvalue weighted by molar-refractivity contribution is 0.369. The van der Waals surface area contributed by atoms with Crippen LogP contribution in [0, 0.1) is 0 Å². The second-order valence-electron chi connectivity index (χ2n) is 5.65. The molecule has 0 amide bonds. The van der Waals surface area contributed by atoms with Crippen LogP contribution in [0.3, 0.4) is 0 Å². The Balaban J connectivity index is 1.58. The molecule has 1 aliphatic rings. The lowest BCUT2D eigenvalue weighted by atomic mass is 9.88. The molecule has 0 radical (unpaired) electrons. The SMILES string of the molecule is CC(Cn1cccn1)NC1CCc2cc(Br)ccc2C1. The molecule has 0 aliphatic heterocycles. The van der Waals surface area contributed by atoms with Gasteiger partial charge in [0, 0.05) is 29.0 Å². The molecule has 0 spiro atoms. The van der Waals surface area contributed by atoms with Gasteiger partial charge in [-0.05, 0) is 55.5 Å². The molecule has 0 saturated carbocycles. The van der Waals surface area contributed by atoms with Crippen molar-refractivity contribution in [2.75, 3.05) is 0 Å². The molecule has 1 N–H and O–H groups in total. The van der Waals surface area contributed by atoms with E-state index in [9.17, 15) is 0 Å². The minimum absolute atomic E-state index is 0.442. The van der Waals surface area contributed by atoms with E-state index in [1.807, 2.05) is 23.1 Å². The number of benzene rings is 1. The minimum atomic E-state index is 0.442. The summed E-state index contributed by atoms with van der Waals surface area (Å²) in [5.74, 6) is 0. The Kier molecular flexibility index (Phi) is 4.22. The summed E-state index contributed by atoms with van der Waals surface area (Å²) in [5.41, 5.74) is 2.99. The van der Waals surface area contributed by atoms with E-state index < -0.39 is 0 Å². The number of nitrogens with zero attached hydrogens (tertiary/aromatic N) is 2. The van der Waals surface area contributed by atoms with Gasteiger partial charge in [-0.1, -0.05) is 22.0 Å². The van der Waals surface area contributed by atoms with Crippen LogP contribution in [0.5, 0.6) is 0 Å². The molecule has 2 unspecified atom stereocenters. The molecule has 3 nitrogen and oxygen atoms in total. The van der Waals surface area contributed by atoms with Gasteiger partial charge in [0.05, 0.1) is 6.54 Å². The van der Waals surface area contributed by atoms with E-state index in [-0.39, 0.29) is 0 Å². The fourth-order valence-corrected chi connectivity index (χ4v) is 3.42. The largest absolute Gasteiger partial charge is 0.309 e. The molecule has 1 heterocycles. The van der Waals surface area contributed by atoms with Gasteiger partial charge in [-0.25, -0.2) is 0 Å². The van der Waals surface area contributed by atoms with Crippen molar-refractivity contribution in [2.24, 2.45) is 0 Å². The first-order chi connectivity index (χ1) is 9.70. The first-order valence-electron chi connectivity index (χ1n) is 7.21. The van der Waals surface area contributed by atoms with E-state index in [0.717, 1.165) is 13.0 Å². The fraction of sp³-hybridized carbons (Fsp3) is 0.438. The number of fused-ring (bicyclic) bond motifs is 1. The third kappa shape index (κ3) is 3.30. The lowest BCUT2D eigenvalue weighted by Crippen LogP contribution is -2.42. The van der Waals surface area contributed by atoms with Crippen molar-refractivity contribution in [3.8, 4) is 0 Å². The Bertz CT molecular complexity index is 565. The molecule has 1 aromatic carbocycles. The first-order valence-corrected chi connectivity index (χ1v) is 8.01. The zero-order valence-corrected chi connectivity index (χ0v) is 13.3. The molecule has 0 bridgehead atoms. The standard InChI is InChI=1S/C16H20BrN3/c1-12(11-20-8-2-7-18-20)19-16-6-4-13-9-15(17)5-3-14(13)10-16/h2-3,5,7-9,12,16,19H,4,6,10-11H2,1H3. The number of hydrogen-bond donors (Lipinski definition) is 1. The molecular weight excluding hydrogens is 314 g/mol. The molecular formula is C16H20BrN3. The Morgan fingerprint density at radius 2 is 2.35 bits per heavy atom. The average molecular weight is 334 g/mol. The number of aromatic nitrogens is 2. The van der Waals surface area contributed by atoms with Gasteiger partial charge in [0.25, 0.3) is 0 Å². The summed E-state index contributed by atoms with van der Waals surface area (Å²) in [4.78, 5) is 0. The smallest absolute Gasteiger partial charge is 0.0560 e. The molecule has 20 heavy (non-hydrogen) atoms. The second kappa shape index (κ2) is 6.10. The summed E-state index contributed by atoms with van der Waals surface area (Å²) in [6.07, 6.45) is 7.37. The molecule has 0 saturated heterocycles. The number of aryl methyl sites for hydroxylation is 1. The van der Waals surface area contributed by atoms with Gasteiger partial charge < -0.3 is 5.32 Å². The van der Waals surface area contributed by atoms with E-state index in [0.29, 0.717) is 12.1 Å². The molecule has 3 rings (SSSR count). The van der Waals surface area contributed by atoms with Gasteiger partial charge >= 0.3 is 0 Å². The Morgan fingerprint density at radius 3 is 3.15 bits per heavy atom. The van der Waals surface area contributed by atoms with E-state index in [4.69, 9.17) is 0 Å². The molecule has 0 fully saturated rings. The molecule has 2 aromatic rings.